The molecular weight excluding hydrogens is 224 g/mol. The van der Waals surface area contributed by atoms with Crippen LogP contribution in [0, 0.1) is 0 Å². The van der Waals surface area contributed by atoms with Crippen molar-refractivity contribution in [3.8, 4) is 5.75 Å². The lowest BCUT2D eigenvalue weighted by molar-refractivity contribution is 0.0853. The second-order valence-electron chi connectivity index (χ2n) is 5.25. The first kappa shape index (κ1) is 13.2. The Bertz CT molecular complexity index is 371. The third kappa shape index (κ3) is 3.16. The molecule has 2 atom stereocenters. The first-order valence-corrected chi connectivity index (χ1v) is 6.91. The van der Waals surface area contributed by atoms with Gasteiger partial charge in [-0.2, -0.15) is 0 Å². The van der Waals surface area contributed by atoms with Crippen molar-refractivity contribution in [1.82, 2.24) is 4.90 Å². The Morgan fingerprint density at radius 3 is 2.56 bits per heavy atom. The summed E-state index contributed by atoms with van der Waals surface area (Å²) in [7, 11) is 0. The largest absolute Gasteiger partial charge is 0.490 e. The monoisotopic (exact) mass is 248 g/mol. The van der Waals surface area contributed by atoms with E-state index in [-0.39, 0.29) is 0 Å². The molecule has 3 heteroatoms. The molecule has 1 aliphatic rings. The van der Waals surface area contributed by atoms with Gasteiger partial charge < -0.3 is 10.5 Å². The van der Waals surface area contributed by atoms with Gasteiger partial charge in [-0.15, -0.1) is 0 Å². The van der Waals surface area contributed by atoms with E-state index in [0.717, 1.165) is 18.0 Å². The number of ether oxygens (including phenoxy) is 1. The van der Waals surface area contributed by atoms with Crippen LogP contribution in [-0.2, 0) is 0 Å². The van der Waals surface area contributed by atoms with Crippen LogP contribution in [0.5, 0.6) is 5.75 Å². The lowest BCUT2D eigenvalue weighted by atomic mass is 9.98. The second kappa shape index (κ2) is 6.10. The predicted molar refractivity (Wildman–Crippen MR) is 75.8 cm³/mol. The number of hydrogen-bond acceptors (Lipinski definition) is 3. The molecule has 0 radical (unpaired) electrons. The highest BCUT2D eigenvalue weighted by atomic mass is 16.5. The van der Waals surface area contributed by atoms with Crippen molar-refractivity contribution in [3.63, 3.8) is 0 Å². The quantitative estimate of drug-likeness (QED) is 0.833. The van der Waals surface area contributed by atoms with Crippen molar-refractivity contribution >= 4 is 5.69 Å². The zero-order valence-electron chi connectivity index (χ0n) is 11.4. The second-order valence-corrected chi connectivity index (χ2v) is 5.25. The molecule has 0 amide bonds. The first-order chi connectivity index (χ1) is 8.68. The summed E-state index contributed by atoms with van der Waals surface area (Å²) in [5.41, 5.74) is 6.58. The van der Waals surface area contributed by atoms with Gasteiger partial charge in [-0.25, -0.2) is 0 Å². The summed E-state index contributed by atoms with van der Waals surface area (Å²) >= 11 is 0. The summed E-state index contributed by atoms with van der Waals surface area (Å²) in [4.78, 5) is 2.54. The number of nitrogen functional groups attached to an aromatic ring is 1. The summed E-state index contributed by atoms with van der Waals surface area (Å²) < 4.78 is 5.77. The van der Waals surface area contributed by atoms with Crippen LogP contribution < -0.4 is 10.5 Å². The molecule has 1 saturated heterocycles. The number of piperidine rings is 1. The van der Waals surface area contributed by atoms with Crippen molar-refractivity contribution in [3.05, 3.63) is 24.3 Å². The summed E-state index contributed by atoms with van der Waals surface area (Å²) in [5, 5.41) is 0. The van der Waals surface area contributed by atoms with Crippen molar-refractivity contribution in [1.29, 1.82) is 0 Å². The highest BCUT2D eigenvalue weighted by Crippen LogP contribution is 2.23. The molecule has 18 heavy (non-hydrogen) atoms. The molecule has 1 heterocycles. The summed E-state index contributed by atoms with van der Waals surface area (Å²) in [6.45, 7) is 6.32. The highest BCUT2D eigenvalue weighted by Gasteiger charge is 2.24. The Kier molecular flexibility index (Phi) is 4.48. The van der Waals surface area contributed by atoms with Crippen LogP contribution in [0.4, 0.5) is 5.69 Å². The van der Waals surface area contributed by atoms with Gasteiger partial charge in [0.15, 0.2) is 0 Å². The molecule has 0 aromatic heterocycles. The van der Waals surface area contributed by atoms with Crippen LogP contribution in [0.1, 0.15) is 33.1 Å². The fourth-order valence-electron chi connectivity index (χ4n) is 2.79. The molecular formula is C15H24N2O. The van der Waals surface area contributed by atoms with Gasteiger partial charge in [-0.1, -0.05) is 18.6 Å². The lowest BCUT2D eigenvalue weighted by Gasteiger charge is -2.38. The van der Waals surface area contributed by atoms with E-state index in [2.05, 4.69) is 18.7 Å². The van der Waals surface area contributed by atoms with Crippen LogP contribution in [0.25, 0.3) is 0 Å². The standard InChI is InChI=1S/C15H24N2O/c1-12-6-5-7-13(2)17(12)10-11-18-15-9-4-3-8-14(15)16/h3-4,8-9,12-13H,5-7,10-11,16H2,1-2H3/t12-,13+. The molecule has 0 spiro atoms. The van der Waals surface area contributed by atoms with Crippen molar-refractivity contribution in [2.75, 3.05) is 18.9 Å². The number of anilines is 1. The van der Waals surface area contributed by atoms with Gasteiger partial charge in [0, 0.05) is 18.6 Å². The fraction of sp³-hybridized carbons (Fsp3) is 0.600. The number of benzene rings is 1. The van der Waals surface area contributed by atoms with Gasteiger partial charge >= 0.3 is 0 Å². The molecule has 3 nitrogen and oxygen atoms in total. The molecule has 0 aliphatic carbocycles. The Balaban J connectivity index is 1.83. The van der Waals surface area contributed by atoms with Crippen LogP contribution in [0.3, 0.4) is 0 Å². The molecule has 0 saturated carbocycles. The molecule has 1 aromatic rings. The van der Waals surface area contributed by atoms with E-state index in [9.17, 15) is 0 Å². The minimum absolute atomic E-state index is 0.672. The molecule has 2 N–H and O–H groups in total. The SMILES string of the molecule is C[C@@H]1CCC[C@H](C)N1CCOc1ccccc1N. The first-order valence-electron chi connectivity index (χ1n) is 6.91. The van der Waals surface area contributed by atoms with E-state index in [1.54, 1.807) is 0 Å². The average Bonchev–Trinajstić information content (AvgIpc) is 2.35. The Labute approximate surface area is 110 Å². The molecule has 1 aliphatic heterocycles. The van der Waals surface area contributed by atoms with Gasteiger partial charge in [0.05, 0.1) is 5.69 Å². The maximum atomic E-state index is 5.86. The number of rotatable bonds is 4. The van der Waals surface area contributed by atoms with Gasteiger partial charge in [-0.05, 0) is 38.8 Å². The topological polar surface area (TPSA) is 38.5 Å². The molecule has 100 valence electrons. The van der Waals surface area contributed by atoms with Crippen LogP contribution in [-0.4, -0.2) is 30.1 Å². The Morgan fingerprint density at radius 1 is 1.22 bits per heavy atom. The number of nitrogens with two attached hydrogens (primary N) is 1. The van der Waals surface area contributed by atoms with Crippen molar-refractivity contribution in [2.24, 2.45) is 0 Å². The van der Waals surface area contributed by atoms with E-state index in [4.69, 9.17) is 10.5 Å². The number of likely N-dealkylation sites (tertiary alicyclic amines) is 1. The zero-order valence-corrected chi connectivity index (χ0v) is 11.4. The van der Waals surface area contributed by atoms with Crippen LogP contribution in [0.2, 0.25) is 0 Å². The summed E-state index contributed by atoms with van der Waals surface area (Å²) in [6, 6.07) is 9.03. The predicted octanol–water partition coefficient (Wildman–Crippen LogP) is 2.91. The summed E-state index contributed by atoms with van der Waals surface area (Å²) in [6.07, 6.45) is 3.96. The zero-order chi connectivity index (χ0) is 13.0. The number of hydrogen-bond donors (Lipinski definition) is 1. The normalized spacial score (nSPS) is 25.0. The van der Waals surface area contributed by atoms with Gasteiger partial charge in [0.2, 0.25) is 0 Å². The third-order valence-electron chi connectivity index (χ3n) is 3.90. The third-order valence-corrected chi connectivity index (χ3v) is 3.90. The van der Waals surface area contributed by atoms with E-state index < -0.39 is 0 Å². The Morgan fingerprint density at radius 2 is 1.89 bits per heavy atom. The van der Waals surface area contributed by atoms with Crippen LogP contribution in [0.15, 0.2) is 24.3 Å². The minimum atomic E-state index is 0.672. The van der Waals surface area contributed by atoms with Gasteiger partial charge in [-0.3, -0.25) is 4.90 Å². The highest BCUT2D eigenvalue weighted by molar-refractivity contribution is 5.51. The molecule has 0 bridgehead atoms. The molecule has 1 fully saturated rings. The maximum Gasteiger partial charge on any atom is 0.142 e. The van der Waals surface area contributed by atoms with E-state index in [1.165, 1.54) is 19.3 Å². The van der Waals surface area contributed by atoms with Crippen LogP contribution >= 0.6 is 0 Å². The smallest absolute Gasteiger partial charge is 0.142 e. The van der Waals surface area contributed by atoms with E-state index >= 15 is 0 Å². The van der Waals surface area contributed by atoms with E-state index in [1.807, 2.05) is 24.3 Å². The van der Waals surface area contributed by atoms with Gasteiger partial charge in [0.1, 0.15) is 12.4 Å². The van der Waals surface area contributed by atoms with Gasteiger partial charge in [0.25, 0.3) is 0 Å². The van der Waals surface area contributed by atoms with E-state index in [0.29, 0.717) is 18.7 Å². The Hall–Kier alpha value is -1.22. The van der Waals surface area contributed by atoms with Crippen molar-refractivity contribution in [2.45, 2.75) is 45.2 Å². The summed E-state index contributed by atoms with van der Waals surface area (Å²) in [5.74, 6) is 0.801. The number of para-hydroxylation sites is 2. The lowest BCUT2D eigenvalue weighted by Crippen LogP contribution is -2.45. The maximum absolute atomic E-state index is 5.86. The molecule has 1 aromatic carbocycles. The molecule has 0 unspecified atom stereocenters. The number of nitrogens with zero attached hydrogens (tertiary/aromatic N) is 1. The fourth-order valence-corrected chi connectivity index (χ4v) is 2.79. The average molecular weight is 248 g/mol. The molecule has 2 rings (SSSR count). The minimum Gasteiger partial charge on any atom is -0.490 e. The van der Waals surface area contributed by atoms with Crippen molar-refractivity contribution < 1.29 is 4.74 Å².